The van der Waals surface area contributed by atoms with Crippen LogP contribution in [0.25, 0.3) is 0 Å². The van der Waals surface area contributed by atoms with Gasteiger partial charge >= 0.3 is 0 Å². The summed E-state index contributed by atoms with van der Waals surface area (Å²) in [5.41, 5.74) is 1.21. The summed E-state index contributed by atoms with van der Waals surface area (Å²) in [4.78, 5) is 0. The average molecular weight is 285 g/mol. The van der Waals surface area contributed by atoms with Gasteiger partial charge in [-0.2, -0.15) is 0 Å². The lowest BCUT2D eigenvalue weighted by atomic mass is 9.90. The Morgan fingerprint density at radius 1 is 1.26 bits per heavy atom. The van der Waals surface area contributed by atoms with Crippen LogP contribution >= 0.6 is 11.6 Å². The second-order valence-corrected chi connectivity index (χ2v) is 6.14. The highest BCUT2D eigenvalue weighted by molar-refractivity contribution is 6.31. The fourth-order valence-electron chi connectivity index (χ4n) is 2.98. The first-order chi connectivity index (χ1) is 9.08. The minimum Gasteiger partial charge on any atom is -0.388 e. The van der Waals surface area contributed by atoms with Crippen molar-refractivity contribution in [1.82, 2.24) is 0 Å². The maximum absolute atomic E-state index is 13.4. The maximum atomic E-state index is 13.4. The van der Waals surface area contributed by atoms with Crippen LogP contribution in [0.1, 0.15) is 62.2 Å². The molecule has 0 aromatic heterocycles. The predicted octanol–water partition coefficient (Wildman–Crippen LogP) is 5.18. The predicted molar refractivity (Wildman–Crippen MR) is 76.9 cm³/mol. The van der Waals surface area contributed by atoms with Gasteiger partial charge in [0.05, 0.1) is 6.10 Å². The molecule has 0 heterocycles. The third-order valence-electron chi connectivity index (χ3n) is 4.17. The minimum absolute atomic E-state index is 0.310. The summed E-state index contributed by atoms with van der Waals surface area (Å²) >= 11 is 6.05. The van der Waals surface area contributed by atoms with Gasteiger partial charge in [-0.15, -0.1) is 0 Å². The standard InChI is InChI=1S/C16H22ClFO/c1-11-8-13(14(17)10-15(11)18)16(19)9-12-6-4-2-3-5-7-12/h8,10,12,16,19H,2-7,9H2,1H3. The van der Waals surface area contributed by atoms with Crippen LogP contribution in [-0.4, -0.2) is 5.11 Å². The molecule has 3 heteroatoms. The second kappa shape index (κ2) is 6.71. The topological polar surface area (TPSA) is 20.2 Å². The van der Waals surface area contributed by atoms with Crippen LogP contribution in [0.4, 0.5) is 4.39 Å². The highest BCUT2D eigenvalue weighted by atomic mass is 35.5. The zero-order chi connectivity index (χ0) is 13.8. The molecule has 1 aromatic rings. The van der Waals surface area contributed by atoms with E-state index in [1.54, 1.807) is 13.0 Å². The first-order valence-electron chi connectivity index (χ1n) is 7.21. The zero-order valence-electron chi connectivity index (χ0n) is 11.5. The molecule has 0 radical (unpaired) electrons. The molecule has 1 aliphatic carbocycles. The highest BCUT2D eigenvalue weighted by Gasteiger charge is 2.20. The lowest BCUT2D eigenvalue weighted by molar-refractivity contribution is 0.139. The normalized spacial score (nSPS) is 19.2. The smallest absolute Gasteiger partial charge is 0.127 e. The number of hydrogen-bond donors (Lipinski definition) is 1. The van der Waals surface area contributed by atoms with Gasteiger partial charge in [0.25, 0.3) is 0 Å². The molecule has 1 atom stereocenters. The van der Waals surface area contributed by atoms with Crippen molar-refractivity contribution in [2.24, 2.45) is 5.92 Å². The summed E-state index contributed by atoms with van der Waals surface area (Å²) in [5.74, 6) is 0.259. The summed E-state index contributed by atoms with van der Waals surface area (Å²) in [6.07, 6.45) is 7.68. The third-order valence-corrected chi connectivity index (χ3v) is 4.50. The molecule has 1 nitrogen and oxygen atoms in total. The Morgan fingerprint density at radius 2 is 1.89 bits per heavy atom. The van der Waals surface area contributed by atoms with Crippen molar-refractivity contribution in [2.45, 2.75) is 58.0 Å². The van der Waals surface area contributed by atoms with Crippen molar-refractivity contribution in [2.75, 3.05) is 0 Å². The van der Waals surface area contributed by atoms with Crippen LogP contribution in [0.2, 0.25) is 5.02 Å². The monoisotopic (exact) mass is 284 g/mol. The maximum Gasteiger partial charge on any atom is 0.127 e. The van der Waals surface area contributed by atoms with Gasteiger partial charge in [-0.05, 0) is 42.5 Å². The first kappa shape index (κ1) is 14.8. The number of halogens is 2. The Balaban J connectivity index is 2.06. The molecule has 19 heavy (non-hydrogen) atoms. The average Bonchev–Trinajstić information content (AvgIpc) is 2.62. The van der Waals surface area contributed by atoms with Crippen LogP contribution < -0.4 is 0 Å². The second-order valence-electron chi connectivity index (χ2n) is 5.73. The molecule has 1 saturated carbocycles. The van der Waals surface area contributed by atoms with Gasteiger partial charge in [-0.3, -0.25) is 0 Å². The molecule has 1 aliphatic rings. The van der Waals surface area contributed by atoms with E-state index >= 15 is 0 Å². The van der Waals surface area contributed by atoms with E-state index in [1.807, 2.05) is 0 Å². The molecule has 0 aliphatic heterocycles. The summed E-state index contributed by atoms with van der Waals surface area (Å²) in [6, 6.07) is 2.99. The van der Waals surface area contributed by atoms with Gasteiger partial charge in [0.1, 0.15) is 5.82 Å². The van der Waals surface area contributed by atoms with Crippen molar-refractivity contribution in [3.63, 3.8) is 0 Å². The third kappa shape index (κ3) is 3.93. The van der Waals surface area contributed by atoms with Crippen molar-refractivity contribution < 1.29 is 9.50 Å². The van der Waals surface area contributed by atoms with Crippen LogP contribution in [-0.2, 0) is 0 Å². The molecule has 0 spiro atoms. The molecule has 1 fully saturated rings. The summed E-state index contributed by atoms with van der Waals surface area (Å²) in [5, 5.41) is 10.7. The molecule has 0 saturated heterocycles. The molecule has 2 rings (SSSR count). The lowest BCUT2D eigenvalue weighted by Crippen LogP contribution is -2.08. The van der Waals surface area contributed by atoms with E-state index in [4.69, 9.17) is 11.6 Å². The van der Waals surface area contributed by atoms with E-state index in [2.05, 4.69) is 0 Å². The zero-order valence-corrected chi connectivity index (χ0v) is 12.2. The molecule has 1 unspecified atom stereocenters. The lowest BCUT2D eigenvalue weighted by Gasteiger charge is -2.20. The highest BCUT2D eigenvalue weighted by Crippen LogP contribution is 2.34. The number of aliphatic hydroxyl groups is 1. The fourth-order valence-corrected chi connectivity index (χ4v) is 3.25. The quantitative estimate of drug-likeness (QED) is 0.758. The molecule has 0 bridgehead atoms. The molecule has 106 valence electrons. The summed E-state index contributed by atoms with van der Waals surface area (Å²) in [6.45, 7) is 1.70. The molecular weight excluding hydrogens is 263 g/mol. The van der Waals surface area contributed by atoms with Gasteiger partial charge in [-0.1, -0.05) is 50.1 Å². The van der Waals surface area contributed by atoms with E-state index in [0.29, 0.717) is 22.1 Å². The van der Waals surface area contributed by atoms with Crippen LogP contribution in [0.3, 0.4) is 0 Å². The fraction of sp³-hybridized carbons (Fsp3) is 0.625. The van der Waals surface area contributed by atoms with Crippen molar-refractivity contribution in [1.29, 1.82) is 0 Å². The Hall–Kier alpha value is -0.600. The Labute approximate surface area is 119 Å². The van der Waals surface area contributed by atoms with E-state index in [9.17, 15) is 9.50 Å². The Bertz CT molecular complexity index is 425. The van der Waals surface area contributed by atoms with Crippen LogP contribution in [0.15, 0.2) is 12.1 Å². The first-order valence-corrected chi connectivity index (χ1v) is 7.59. The molecule has 1 N–H and O–H groups in total. The van der Waals surface area contributed by atoms with Gasteiger partial charge < -0.3 is 5.11 Å². The number of rotatable bonds is 3. The molecule has 1 aromatic carbocycles. The number of aliphatic hydroxyl groups excluding tert-OH is 1. The number of hydrogen-bond acceptors (Lipinski definition) is 1. The van der Waals surface area contributed by atoms with E-state index in [1.165, 1.54) is 44.6 Å². The van der Waals surface area contributed by atoms with E-state index in [-0.39, 0.29) is 5.82 Å². The minimum atomic E-state index is -0.574. The van der Waals surface area contributed by atoms with E-state index in [0.717, 1.165) is 6.42 Å². The Morgan fingerprint density at radius 3 is 2.53 bits per heavy atom. The van der Waals surface area contributed by atoms with E-state index < -0.39 is 6.10 Å². The van der Waals surface area contributed by atoms with Gasteiger partial charge in [0.15, 0.2) is 0 Å². The van der Waals surface area contributed by atoms with Crippen molar-refractivity contribution >= 4 is 11.6 Å². The Kier molecular flexibility index (Phi) is 5.23. The van der Waals surface area contributed by atoms with Crippen molar-refractivity contribution in [3.05, 3.63) is 34.1 Å². The SMILES string of the molecule is Cc1cc(C(O)CC2CCCCCC2)c(Cl)cc1F. The summed E-state index contributed by atoms with van der Waals surface area (Å²) < 4.78 is 13.4. The summed E-state index contributed by atoms with van der Waals surface area (Å²) in [7, 11) is 0. The number of benzene rings is 1. The van der Waals surface area contributed by atoms with Gasteiger partial charge in [0, 0.05) is 5.02 Å². The molecular formula is C16H22ClFO. The van der Waals surface area contributed by atoms with Gasteiger partial charge in [-0.25, -0.2) is 4.39 Å². The molecule has 0 amide bonds. The van der Waals surface area contributed by atoms with Crippen LogP contribution in [0, 0.1) is 18.7 Å². The van der Waals surface area contributed by atoms with Crippen molar-refractivity contribution in [3.8, 4) is 0 Å². The largest absolute Gasteiger partial charge is 0.388 e. The van der Waals surface area contributed by atoms with Crippen LogP contribution in [0.5, 0.6) is 0 Å². The van der Waals surface area contributed by atoms with Gasteiger partial charge in [0.2, 0.25) is 0 Å². The number of aryl methyl sites for hydroxylation is 1.